The first-order valence-corrected chi connectivity index (χ1v) is 12.9. The van der Waals surface area contributed by atoms with E-state index in [2.05, 4.69) is 48.8 Å². The molecule has 0 aromatic carbocycles. The quantitative estimate of drug-likeness (QED) is 0.662. The first-order chi connectivity index (χ1) is 11.7. The van der Waals surface area contributed by atoms with Gasteiger partial charge in [0.1, 0.15) is 0 Å². The zero-order valence-corrected chi connectivity index (χ0v) is 19.2. The van der Waals surface area contributed by atoms with Gasteiger partial charge in [-0.1, -0.05) is 40.5 Å². The Kier molecular flexibility index (Phi) is 11.9. The van der Waals surface area contributed by atoms with Crippen LogP contribution in [-0.2, 0) is 28.7 Å². The fourth-order valence-corrected chi connectivity index (χ4v) is 4.41. The van der Waals surface area contributed by atoms with Gasteiger partial charge in [-0.2, -0.15) is 0 Å². The molecule has 1 aliphatic rings. The van der Waals surface area contributed by atoms with Gasteiger partial charge < -0.3 is 10.6 Å². The Morgan fingerprint density at radius 1 is 0.960 bits per heavy atom. The molecule has 1 aliphatic carbocycles. The summed E-state index contributed by atoms with van der Waals surface area (Å²) in [5.41, 5.74) is 0.183. The fourth-order valence-electron chi connectivity index (χ4n) is 4.41. The summed E-state index contributed by atoms with van der Waals surface area (Å²) in [6, 6.07) is 0.317. The third-order valence-corrected chi connectivity index (χ3v) is 5.82. The van der Waals surface area contributed by atoms with Gasteiger partial charge in [0.25, 0.3) is 0 Å². The van der Waals surface area contributed by atoms with Gasteiger partial charge in [0.15, 0.2) is 0 Å². The number of carbonyl (C=O) groups excluding carboxylic acids is 2. The van der Waals surface area contributed by atoms with Crippen LogP contribution in [0.5, 0.6) is 0 Å². The summed E-state index contributed by atoms with van der Waals surface area (Å²) >= 11 is 0.500. The molecule has 0 spiro atoms. The van der Waals surface area contributed by atoms with Crippen molar-refractivity contribution >= 4 is 11.8 Å². The molecule has 5 heteroatoms. The van der Waals surface area contributed by atoms with Crippen LogP contribution in [0.3, 0.4) is 0 Å². The Morgan fingerprint density at radius 3 is 1.52 bits per heavy atom. The van der Waals surface area contributed by atoms with E-state index in [1.807, 2.05) is 0 Å². The second kappa shape index (κ2) is 12.1. The summed E-state index contributed by atoms with van der Waals surface area (Å²) < 4.78 is 0. The van der Waals surface area contributed by atoms with Crippen LogP contribution in [0, 0.1) is 17.3 Å². The van der Waals surface area contributed by atoms with Crippen LogP contribution in [0.2, 0.25) is 10.5 Å². The Morgan fingerprint density at radius 2 is 1.28 bits per heavy atom. The van der Waals surface area contributed by atoms with Crippen molar-refractivity contribution in [3.63, 3.8) is 0 Å². The van der Waals surface area contributed by atoms with Crippen molar-refractivity contribution in [1.82, 2.24) is 10.6 Å². The van der Waals surface area contributed by atoms with E-state index in [0.29, 0.717) is 31.0 Å². The molecular formula is C20H40N2O2Ti. The van der Waals surface area contributed by atoms with E-state index in [-0.39, 0.29) is 29.3 Å². The molecule has 25 heavy (non-hydrogen) atoms. The van der Waals surface area contributed by atoms with Gasteiger partial charge in [0, 0.05) is 25.9 Å². The number of hydrogen-bond donors (Lipinski definition) is 2. The number of carbonyl (C=O) groups is 2. The summed E-state index contributed by atoms with van der Waals surface area (Å²) in [6.45, 7) is 12.3. The van der Waals surface area contributed by atoms with Gasteiger partial charge in [0.05, 0.1) is 0 Å². The van der Waals surface area contributed by atoms with E-state index in [1.165, 1.54) is 0 Å². The van der Waals surface area contributed by atoms with Gasteiger partial charge in [-0.15, -0.1) is 0 Å². The molecule has 0 aromatic heterocycles. The molecule has 1 rings (SSSR count). The van der Waals surface area contributed by atoms with Crippen molar-refractivity contribution in [2.24, 2.45) is 17.3 Å². The molecule has 0 aromatic rings. The SMILES string of the molecule is CCC(C)C1(C(C)CC)CC(NC(C)=O)CC(NC(C)=O)C1.[CH3][Ti][CH3]. The number of nitrogens with one attached hydrogen (secondary N) is 2. The molecule has 0 saturated heterocycles. The molecular weight excluding hydrogens is 348 g/mol. The molecule has 2 amide bonds. The molecule has 1 fully saturated rings. The van der Waals surface area contributed by atoms with E-state index < -0.39 is 0 Å². The van der Waals surface area contributed by atoms with Crippen molar-refractivity contribution < 1.29 is 28.7 Å². The molecule has 1 saturated carbocycles. The minimum atomic E-state index is 0.0238. The Balaban J connectivity index is 0.00000178. The first kappa shape index (κ1) is 24.7. The molecule has 4 nitrogen and oxygen atoms in total. The molecule has 146 valence electrons. The van der Waals surface area contributed by atoms with E-state index >= 15 is 0 Å². The van der Waals surface area contributed by atoms with E-state index in [4.69, 9.17) is 0 Å². The Hall–Kier alpha value is -0.346. The van der Waals surface area contributed by atoms with E-state index in [9.17, 15) is 9.59 Å². The molecule has 0 heterocycles. The average Bonchev–Trinajstić information content (AvgIpc) is 2.52. The summed E-state index contributed by atoms with van der Waals surface area (Å²) in [4.78, 5) is 23.1. The minimum absolute atomic E-state index is 0.0238. The fraction of sp³-hybridized carbons (Fsp3) is 0.900. The van der Waals surface area contributed by atoms with Crippen LogP contribution in [-0.4, -0.2) is 23.9 Å². The predicted molar refractivity (Wildman–Crippen MR) is 102 cm³/mol. The topological polar surface area (TPSA) is 58.2 Å². The number of rotatable bonds is 6. The van der Waals surface area contributed by atoms with Gasteiger partial charge in [0.2, 0.25) is 11.8 Å². The summed E-state index contributed by atoms with van der Waals surface area (Å²) in [5.74, 6) is 1.21. The van der Waals surface area contributed by atoms with Crippen LogP contribution in [0.4, 0.5) is 0 Å². The van der Waals surface area contributed by atoms with Gasteiger partial charge in [-0.05, 0) is 36.5 Å². The standard InChI is InChI=1S/C18H34N2O2.2CH3.Ti/c1-7-12(3)18(13(4)8-2)10-16(19-14(5)21)9-17(11-18)20-15(6)22;;;/h12-13,16-17H,7-11H2,1-6H3,(H,19,21)(H,20,22);2*1H3;. The van der Waals surface area contributed by atoms with E-state index in [1.54, 1.807) is 13.8 Å². The maximum atomic E-state index is 11.5. The summed E-state index contributed by atoms with van der Waals surface area (Å²) in [5, 5.41) is 10.7. The van der Waals surface area contributed by atoms with Gasteiger partial charge >= 0.3 is 29.6 Å². The van der Waals surface area contributed by atoms with E-state index in [0.717, 1.165) is 32.1 Å². The molecule has 4 unspecified atom stereocenters. The zero-order valence-electron chi connectivity index (χ0n) is 17.7. The van der Waals surface area contributed by atoms with Crippen molar-refractivity contribution in [2.45, 2.75) is 96.2 Å². The number of amides is 2. The number of hydrogen-bond acceptors (Lipinski definition) is 2. The average molecular weight is 388 g/mol. The predicted octanol–water partition coefficient (Wildman–Crippen LogP) is 4.42. The molecule has 2 N–H and O–H groups in total. The third kappa shape index (κ3) is 7.82. The van der Waals surface area contributed by atoms with Crippen LogP contribution < -0.4 is 10.6 Å². The maximum absolute atomic E-state index is 11.5. The Bertz CT molecular complexity index is 379. The summed E-state index contributed by atoms with van der Waals surface area (Å²) in [7, 11) is 0. The van der Waals surface area contributed by atoms with Gasteiger partial charge in [-0.3, -0.25) is 9.59 Å². The van der Waals surface area contributed by atoms with Crippen molar-refractivity contribution in [2.75, 3.05) is 0 Å². The Labute approximate surface area is 164 Å². The van der Waals surface area contributed by atoms with Crippen molar-refractivity contribution in [1.29, 1.82) is 0 Å². The van der Waals surface area contributed by atoms with Crippen molar-refractivity contribution in [3.8, 4) is 0 Å². The molecule has 4 atom stereocenters. The molecule has 0 radical (unpaired) electrons. The van der Waals surface area contributed by atoms with Crippen LogP contribution >= 0.6 is 0 Å². The second-order valence-electron chi connectivity index (χ2n) is 7.79. The molecule has 0 aliphatic heterocycles. The van der Waals surface area contributed by atoms with Gasteiger partial charge in [-0.25, -0.2) is 0 Å². The van der Waals surface area contributed by atoms with Crippen LogP contribution in [0.1, 0.15) is 73.6 Å². The van der Waals surface area contributed by atoms with Crippen molar-refractivity contribution in [3.05, 3.63) is 0 Å². The van der Waals surface area contributed by atoms with Crippen LogP contribution in [0.25, 0.3) is 0 Å². The first-order valence-electron chi connectivity index (χ1n) is 9.79. The normalized spacial score (nSPS) is 28.0. The zero-order chi connectivity index (χ0) is 19.6. The second-order valence-corrected chi connectivity index (χ2v) is 9.35. The third-order valence-electron chi connectivity index (χ3n) is 5.82. The van der Waals surface area contributed by atoms with Crippen LogP contribution in [0.15, 0.2) is 0 Å². The summed E-state index contributed by atoms with van der Waals surface area (Å²) in [6.07, 6.45) is 5.14. The molecule has 0 bridgehead atoms. The monoisotopic (exact) mass is 388 g/mol.